The standard InChI is InChI=1S/C15H17ClN4O/c1-9-6-7-18-14(16)13(9)19-15(21)11-8-10(17)4-5-12(11)20(2)3/h4-8H,17H2,1-3H3,(H,19,21). The number of nitrogens with two attached hydrogens (primary N) is 1. The monoisotopic (exact) mass is 304 g/mol. The number of benzene rings is 1. The van der Waals surface area contributed by atoms with E-state index >= 15 is 0 Å². The quantitative estimate of drug-likeness (QED) is 0.675. The number of carbonyl (C=O) groups is 1. The average molecular weight is 305 g/mol. The first-order chi connectivity index (χ1) is 9.90. The molecule has 0 saturated carbocycles. The summed E-state index contributed by atoms with van der Waals surface area (Å²) in [6.45, 7) is 1.86. The van der Waals surface area contributed by atoms with E-state index in [1.165, 1.54) is 0 Å². The van der Waals surface area contributed by atoms with Crippen LogP contribution in [0.4, 0.5) is 17.1 Å². The molecule has 0 unspecified atom stereocenters. The molecule has 5 nitrogen and oxygen atoms in total. The molecule has 0 aliphatic rings. The van der Waals surface area contributed by atoms with Crippen LogP contribution < -0.4 is 16.0 Å². The molecule has 0 atom stereocenters. The molecule has 1 aromatic carbocycles. The largest absolute Gasteiger partial charge is 0.399 e. The van der Waals surface area contributed by atoms with E-state index in [4.69, 9.17) is 17.3 Å². The number of aromatic nitrogens is 1. The lowest BCUT2D eigenvalue weighted by molar-refractivity contribution is 0.102. The summed E-state index contributed by atoms with van der Waals surface area (Å²) < 4.78 is 0. The average Bonchev–Trinajstić information content (AvgIpc) is 2.42. The summed E-state index contributed by atoms with van der Waals surface area (Å²) in [6.07, 6.45) is 1.60. The minimum atomic E-state index is -0.274. The van der Waals surface area contributed by atoms with Gasteiger partial charge in [-0.2, -0.15) is 0 Å². The molecular formula is C15H17ClN4O. The third-order valence-corrected chi connectivity index (χ3v) is 3.39. The minimum Gasteiger partial charge on any atom is -0.399 e. The Balaban J connectivity index is 2.39. The second kappa shape index (κ2) is 6.01. The summed E-state index contributed by atoms with van der Waals surface area (Å²) in [6, 6.07) is 6.99. The van der Waals surface area contributed by atoms with E-state index in [2.05, 4.69) is 10.3 Å². The van der Waals surface area contributed by atoms with Crippen molar-refractivity contribution in [1.82, 2.24) is 4.98 Å². The van der Waals surface area contributed by atoms with E-state index in [0.29, 0.717) is 16.9 Å². The normalized spacial score (nSPS) is 10.3. The van der Waals surface area contributed by atoms with E-state index in [9.17, 15) is 4.79 Å². The Bertz CT molecular complexity index is 665. The van der Waals surface area contributed by atoms with Crippen LogP contribution >= 0.6 is 11.6 Å². The van der Waals surface area contributed by atoms with Crippen LogP contribution in [0.25, 0.3) is 0 Å². The Kier molecular flexibility index (Phi) is 4.33. The molecule has 0 aliphatic heterocycles. The third-order valence-electron chi connectivity index (χ3n) is 3.10. The first kappa shape index (κ1) is 15.1. The van der Waals surface area contributed by atoms with Gasteiger partial charge in [-0.25, -0.2) is 4.98 Å². The third kappa shape index (κ3) is 3.25. The van der Waals surface area contributed by atoms with E-state index in [0.717, 1.165) is 11.3 Å². The van der Waals surface area contributed by atoms with Crippen molar-refractivity contribution in [2.45, 2.75) is 6.92 Å². The number of nitrogens with one attached hydrogen (secondary N) is 1. The Morgan fingerprint density at radius 3 is 2.67 bits per heavy atom. The van der Waals surface area contributed by atoms with Gasteiger partial charge in [0.2, 0.25) is 0 Å². The van der Waals surface area contributed by atoms with Gasteiger partial charge >= 0.3 is 0 Å². The molecule has 0 bridgehead atoms. The van der Waals surface area contributed by atoms with E-state index in [-0.39, 0.29) is 11.1 Å². The zero-order chi connectivity index (χ0) is 15.6. The molecule has 1 amide bonds. The van der Waals surface area contributed by atoms with Gasteiger partial charge in [0, 0.05) is 31.7 Å². The van der Waals surface area contributed by atoms with Crippen molar-refractivity contribution in [3.05, 3.63) is 46.7 Å². The Morgan fingerprint density at radius 2 is 2.05 bits per heavy atom. The highest BCUT2D eigenvalue weighted by Gasteiger charge is 2.16. The lowest BCUT2D eigenvalue weighted by Crippen LogP contribution is -2.19. The van der Waals surface area contributed by atoms with E-state index in [1.54, 1.807) is 24.4 Å². The Morgan fingerprint density at radius 1 is 1.33 bits per heavy atom. The number of hydrogen-bond acceptors (Lipinski definition) is 4. The van der Waals surface area contributed by atoms with Crippen LogP contribution in [0.3, 0.4) is 0 Å². The lowest BCUT2D eigenvalue weighted by atomic mass is 10.1. The zero-order valence-corrected chi connectivity index (χ0v) is 12.9. The summed E-state index contributed by atoms with van der Waals surface area (Å²) in [5.74, 6) is -0.274. The molecule has 0 radical (unpaired) electrons. The van der Waals surface area contributed by atoms with Crippen LogP contribution in [-0.2, 0) is 0 Å². The molecule has 2 aromatic rings. The summed E-state index contributed by atoms with van der Waals surface area (Å²) in [4.78, 5) is 18.3. The number of halogens is 1. The molecule has 2 rings (SSSR count). The van der Waals surface area contributed by atoms with Crippen molar-refractivity contribution in [2.24, 2.45) is 0 Å². The second-order valence-electron chi connectivity index (χ2n) is 4.92. The van der Waals surface area contributed by atoms with Crippen molar-refractivity contribution < 1.29 is 4.79 Å². The van der Waals surface area contributed by atoms with Crippen LogP contribution in [0.2, 0.25) is 5.15 Å². The lowest BCUT2D eigenvalue weighted by Gasteiger charge is -2.18. The number of aryl methyl sites for hydroxylation is 1. The number of rotatable bonds is 3. The number of carbonyl (C=O) groups excluding carboxylic acids is 1. The van der Waals surface area contributed by atoms with Crippen molar-refractivity contribution in [3.63, 3.8) is 0 Å². The fourth-order valence-corrected chi connectivity index (χ4v) is 2.23. The molecule has 110 valence electrons. The highest BCUT2D eigenvalue weighted by molar-refractivity contribution is 6.33. The summed E-state index contributed by atoms with van der Waals surface area (Å²) in [5.41, 5.74) is 8.93. The van der Waals surface area contributed by atoms with Crippen LogP contribution in [0.5, 0.6) is 0 Å². The van der Waals surface area contributed by atoms with E-state index in [1.807, 2.05) is 32.0 Å². The number of pyridine rings is 1. The molecule has 1 heterocycles. The number of anilines is 3. The fourth-order valence-electron chi connectivity index (χ4n) is 1.98. The maximum atomic E-state index is 12.5. The van der Waals surface area contributed by atoms with Crippen molar-refractivity contribution in [3.8, 4) is 0 Å². The van der Waals surface area contributed by atoms with Gasteiger partial charge in [-0.3, -0.25) is 4.79 Å². The van der Waals surface area contributed by atoms with Gasteiger partial charge in [-0.1, -0.05) is 11.6 Å². The van der Waals surface area contributed by atoms with Crippen molar-refractivity contribution in [2.75, 3.05) is 30.0 Å². The first-order valence-electron chi connectivity index (χ1n) is 6.39. The molecule has 6 heteroatoms. The Hall–Kier alpha value is -2.27. The molecule has 1 aromatic heterocycles. The summed E-state index contributed by atoms with van der Waals surface area (Å²) in [5, 5.41) is 3.06. The van der Waals surface area contributed by atoms with Gasteiger partial charge in [0.15, 0.2) is 5.15 Å². The highest BCUT2D eigenvalue weighted by Crippen LogP contribution is 2.26. The fraction of sp³-hybridized carbons (Fsp3) is 0.200. The minimum absolute atomic E-state index is 0.263. The number of nitrogen functional groups attached to an aromatic ring is 1. The van der Waals surface area contributed by atoms with Gasteiger partial charge in [-0.05, 0) is 36.8 Å². The maximum Gasteiger partial charge on any atom is 0.257 e. The van der Waals surface area contributed by atoms with Crippen LogP contribution in [0, 0.1) is 6.92 Å². The highest BCUT2D eigenvalue weighted by atomic mass is 35.5. The predicted octanol–water partition coefficient (Wildman–Crippen LogP) is 2.94. The van der Waals surface area contributed by atoms with Gasteiger partial charge in [0.1, 0.15) is 0 Å². The van der Waals surface area contributed by atoms with Crippen LogP contribution in [0.15, 0.2) is 30.5 Å². The number of amides is 1. The maximum absolute atomic E-state index is 12.5. The summed E-state index contributed by atoms with van der Waals surface area (Å²) in [7, 11) is 3.73. The molecular weight excluding hydrogens is 288 g/mol. The molecule has 0 fully saturated rings. The van der Waals surface area contributed by atoms with Gasteiger partial charge in [0.05, 0.1) is 11.3 Å². The van der Waals surface area contributed by atoms with Crippen LogP contribution in [-0.4, -0.2) is 25.0 Å². The second-order valence-corrected chi connectivity index (χ2v) is 5.28. The van der Waals surface area contributed by atoms with Crippen molar-refractivity contribution in [1.29, 1.82) is 0 Å². The number of nitrogens with zero attached hydrogens (tertiary/aromatic N) is 2. The van der Waals surface area contributed by atoms with Crippen LogP contribution in [0.1, 0.15) is 15.9 Å². The predicted molar refractivity (Wildman–Crippen MR) is 87.1 cm³/mol. The van der Waals surface area contributed by atoms with Gasteiger partial charge in [-0.15, -0.1) is 0 Å². The van der Waals surface area contributed by atoms with E-state index < -0.39 is 0 Å². The first-order valence-corrected chi connectivity index (χ1v) is 6.77. The van der Waals surface area contributed by atoms with Gasteiger partial charge < -0.3 is 16.0 Å². The molecule has 3 N–H and O–H groups in total. The molecule has 21 heavy (non-hydrogen) atoms. The van der Waals surface area contributed by atoms with Gasteiger partial charge in [0.25, 0.3) is 5.91 Å². The van der Waals surface area contributed by atoms with Crippen molar-refractivity contribution >= 4 is 34.6 Å². The molecule has 0 saturated heterocycles. The summed E-state index contributed by atoms with van der Waals surface area (Å²) >= 11 is 6.03. The smallest absolute Gasteiger partial charge is 0.257 e. The molecule has 0 aliphatic carbocycles. The molecule has 0 spiro atoms. The SMILES string of the molecule is Cc1ccnc(Cl)c1NC(=O)c1cc(N)ccc1N(C)C. The topological polar surface area (TPSA) is 71.2 Å². The zero-order valence-electron chi connectivity index (χ0n) is 12.1. The number of hydrogen-bond donors (Lipinski definition) is 2. The Labute approximate surface area is 128 Å².